The van der Waals surface area contributed by atoms with E-state index in [1.807, 2.05) is 41.8 Å². The number of ether oxygens (including phenoxy) is 1. The summed E-state index contributed by atoms with van der Waals surface area (Å²) in [6.45, 7) is 0.518. The van der Waals surface area contributed by atoms with Gasteiger partial charge in [0.15, 0.2) is 0 Å². The maximum Gasteiger partial charge on any atom is 0.251 e. The van der Waals surface area contributed by atoms with Crippen molar-refractivity contribution in [1.29, 1.82) is 0 Å². The second-order valence-corrected chi connectivity index (χ2v) is 8.21. The van der Waals surface area contributed by atoms with Gasteiger partial charge in [0.1, 0.15) is 23.1 Å². The number of halogens is 1. The molecule has 4 N–H and O–H groups in total. The first-order chi connectivity index (χ1) is 16.1. The zero-order valence-electron chi connectivity index (χ0n) is 18.2. The van der Waals surface area contributed by atoms with Crippen molar-refractivity contribution >= 4 is 41.2 Å². The Bertz CT molecular complexity index is 1220. The zero-order valence-corrected chi connectivity index (χ0v) is 19.8. The minimum Gasteiger partial charge on any atom is -0.508 e. The molecule has 0 radical (unpaired) electrons. The van der Waals surface area contributed by atoms with Crippen LogP contribution in [-0.2, 0) is 6.42 Å². The molecule has 3 aromatic carbocycles. The van der Waals surface area contributed by atoms with Crippen molar-refractivity contribution in [3.05, 3.63) is 106 Å². The van der Waals surface area contributed by atoms with E-state index in [0.29, 0.717) is 35.9 Å². The first-order valence-electron chi connectivity index (χ1n) is 10.4. The van der Waals surface area contributed by atoms with Crippen LogP contribution in [0.3, 0.4) is 0 Å². The summed E-state index contributed by atoms with van der Waals surface area (Å²) in [6.07, 6.45) is 0.707. The van der Waals surface area contributed by atoms with Crippen molar-refractivity contribution in [1.82, 2.24) is 5.32 Å². The number of nitrogens with one attached hydrogen (secondary N) is 1. The van der Waals surface area contributed by atoms with E-state index >= 15 is 0 Å². The Labute approximate surface area is 208 Å². The third kappa shape index (κ3) is 6.84. The monoisotopic (exact) mass is 493 g/mol. The predicted octanol–water partition coefficient (Wildman–Crippen LogP) is 5.68. The molecule has 0 fully saturated rings. The van der Waals surface area contributed by atoms with E-state index in [1.54, 1.807) is 59.9 Å². The standard InChI is InChI=1S/C26H23N3O3S.ClH/c27-25(24-2-1-17-33-24)29-20-7-3-18(4-8-20)15-16-28-26(31)19-5-11-22(12-6-19)32-23-13-9-21(30)10-14-23;/h1-14,17,30H,15-16H2,(H2,27,29)(H,28,31);1H. The summed E-state index contributed by atoms with van der Waals surface area (Å²) in [5, 5.41) is 14.2. The van der Waals surface area contributed by atoms with Crippen LogP contribution in [0.15, 0.2) is 95.3 Å². The van der Waals surface area contributed by atoms with Crippen molar-refractivity contribution in [3.63, 3.8) is 0 Å². The van der Waals surface area contributed by atoms with E-state index in [9.17, 15) is 9.90 Å². The fourth-order valence-corrected chi connectivity index (χ4v) is 3.73. The number of phenolic OH excluding ortho intramolecular Hbond substituents is 1. The second kappa shape index (κ2) is 11.9. The molecule has 0 spiro atoms. The average molecular weight is 494 g/mol. The Kier molecular flexibility index (Phi) is 8.67. The number of amidine groups is 1. The quantitative estimate of drug-likeness (QED) is 0.217. The van der Waals surface area contributed by atoms with Crippen LogP contribution in [-0.4, -0.2) is 23.4 Å². The van der Waals surface area contributed by atoms with Crippen LogP contribution in [0.2, 0.25) is 0 Å². The molecule has 0 bridgehead atoms. The predicted molar refractivity (Wildman–Crippen MR) is 139 cm³/mol. The van der Waals surface area contributed by atoms with Gasteiger partial charge in [-0.1, -0.05) is 18.2 Å². The van der Waals surface area contributed by atoms with E-state index in [0.717, 1.165) is 16.1 Å². The number of hydrogen-bond acceptors (Lipinski definition) is 5. The lowest BCUT2D eigenvalue weighted by molar-refractivity contribution is 0.0954. The number of thiophene rings is 1. The topological polar surface area (TPSA) is 96.9 Å². The number of benzene rings is 3. The summed E-state index contributed by atoms with van der Waals surface area (Å²) in [6, 6.07) is 25.1. The largest absolute Gasteiger partial charge is 0.508 e. The van der Waals surface area contributed by atoms with Gasteiger partial charge in [-0.2, -0.15) is 0 Å². The molecule has 6 nitrogen and oxygen atoms in total. The first kappa shape index (κ1) is 24.8. The number of aromatic hydroxyl groups is 1. The van der Waals surface area contributed by atoms with Crippen LogP contribution >= 0.6 is 23.7 Å². The molecule has 4 rings (SSSR count). The lowest BCUT2D eigenvalue weighted by Crippen LogP contribution is -2.25. The number of carbonyl (C=O) groups is 1. The SMILES string of the molecule is Cl.NC(=Nc1ccc(CCNC(=O)c2ccc(Oc3ccc(O)cc3)cc2)cc1)c1cccs1. The third-order valence-electron chi connectivity index (χ3n) is 4.85. The minimum absolute atomic E-state index is 0. The van der Waals surface area contributed by atoms with E-state index in [-0.39, 0.29) is 24.1 Å². The van der Waals surface area contributed by atoms with Gasteiger partial charge < -0.3 is 20.9 Å². The summed E-state index contributed by atoms with van der Waals surface area (Å²) in [7, 11) is 0. The van der Waals surface area contributed by atoms with Crippen molar-refractivity contribution in [2.75, 3.05) is 6.54 Å². The molecule has 0 unspecified atom stereocenters. The summed E-state index contributed by atoms with van der Waals surface area (Å²) in [5.74, 6) is 1.76. The fraction of sp³-hybridized carbons (Fsp3) is 0.0769. The first-order valence-corrected chi connectivity index (χ1v) is 11.3. The van der Waals surface area contributed by atoms with E-state index in [2.05, 4.69) is 10.3 Å². The van der Waals surface area contributed by atoms with Gasteiger partial charge in [0.2, 0.25) is 0 Å². The number of aliphatic imine (C=N–C) groups is 1. The molecule has 0 atom stereocenters. The summed E-state index contributed by atoms with van der Waals surface area (Å²) >= 11 is 1.56. The Morgan fingerprint density at radius 3 is 2.21 bits per heavy atom. The molecule has 0 saturated carbocycles. The Balaban J connectivity index is 0.00000324. The Morgan fingerprint density at radius 1 is 0.941 bits per heavy atom. The average Bonchev–Trinajstić information content (AvgIpc) is 3.37. The van der Waals surface area contributed by atoms with Crippen LogP contribution in [0.1, 0.15) is 20.8 Å². The molecule has 174 valence electrons. The molecular formula is C26H24ClN3O3S. The van der Waals surface area contributed by atoms with Gasteiger partial charge in [-0.05, 0) is 84.1 Å². The van der Waals surface area contributed by atoms with Crippen LogP contribution in [0.4, 0.5) is 5.69 Å². The minimum atomic E-state index is -0.142. The molecule has 0 aliphatic rings. The highest BCUT2D eigenvalue weighted by Crippen LogP contribution is 2.23. The molecule has 34 heavy (non-hydrogen) atoms. The van der Waals surface area contributed by atoms with E-state index in [1.165, 1.54) is 0 Å². The van der Waals surface area contributed by atoms with Gasteiger partial charge in [-0.3, -0.25) is 4.79 Å². The number of amides is 1. The third-order valence-corrected chi connectivity index (χ3v) is 5.74. The van der Waals surface area contributed by atoms with Gasteiger partial charge >= 0.3 is 0 Å². The lowest BCUT2D eigenvalue weighted by Gasteiger charge is -2.08. The fourth-order valence-electron chi connectivity index (χ4n) is 3.10. The van der Waals surface area contributed by atoms with Crippen molar-refractivity contribution < 1.29 is 14.6 Å². The van der Waals surface area contributed by atoms with Gasteiger partial charge in [-0.25, -0.2) is 4.99 Å². The highest BCUT2D eigenvalue weighted by atomic mass is 35.5. The van der Waals surface area contributed by atoms with Gasteiger partial charge in [0, 0.05) is 12.1 Å². The molecule has 4 aromatic rings. The van der Waals surface area contributed by atoms with Crippen LogP contribution in [0.25, 0.3) is 0 Å². The maximum absolute atomic E-state index is 12.4. The number of phenols is 1. The summed E-state index contributed by atoms with van der Waals surface area (Å²) in [5.41, 5.74) is 8.48. The van der Waals surface area contributed by atoms with Crippen molar-refractivity contribution in [2.24, 2.45) is 10.7 Å². The zero-order chi connectivity index (χ0) is 23.0. The summed E-state index contributed by atoms with van der Waals surface area (Å²) in [4.78, 5) is 17.8. The smallest absolute Gasteiger partial charge is 0.251 e. The van der Waals surface area contributed by atoms with E-state index in [4.69, 9.17) is 10.5 Å². The van der Waals surface area contributed by atoms with Gasteiger partial charge in [0.25, 0.3) is 5.91 Å². The number of nitrogens with zero attached hydrogens (tertiary/aromatic N) is 1. The van der Waals surface area contributed by atoms with Crippen molar-refractivity contribution in [3.8, 4) is 17.2 Å². The molecule has 0 aliphatic carbocycles. The second-order valence-electron chi connectivity index (χ2n) is 7.27. The van der Waals surface area contributed by atoms with E-state index < -0.39 is 0 Å². The maximum atomic E-state index is 12.4. The molecule has 1 aromatic heterocycles. The molecule has 1 heterocycles. The van der Waals surface area contributed by atoms with Crippen LogP contribution in [0.5, 0.6) is 17.2 Å². The van der Waals surface area contributed by atoms with Gasteiger partial charge in [0.05, 0.1) is 10.6 Å². The molecular weight excluding hydrogens is 470 g/mol. The number of rotatable bonds is 8. The Morgan fingerprint density at radius 2 is 1.59 bits per heavy atom. The molecule has 1 amide bonds. The number of hydrogen-bond donors (Lipinski definition) is 3. The van der Waals surface area contributed by atoms with Crippen LogP contribution < -0.4 is 15.8 Å². The highest BCUT2D eigenvalue weighted by molar-refractivity contribution is 7.12. The molecule has 0 saturated heterocycles. The normalized spacial score (nSPS) is 10.9. The number of nitrogens with two attached hydrogens (primary N) is 1. The van der Waals surface area contributed by atoms with Crippen LogP contribution in [0, 0.1) is 0 Å². The van der Waals surface area contributed by atoms with Crippen molar-refractivity contribution in [2.45, 2.75) is 6.42 Å². The lowest BCUT2D eigenvalue weighted by atomic mass is 10.1. The van der Waals surface area contributed by atoms with Gasteiger partial charge in [-0.15, -0.1) is 23.7 Å². The summed E-state index contributed by atoms with van der Waals surface area (Å²) < 4.78 is 5.70. The molecule has 8 heteroatoms. The molecule has 0 aliphatic heterocycles. The Hall–Kier alpha value is -3.81. The highest BCUT2D eigenvalue weighted by Gasteiger charge is 2.06. The number of carbonyl (C=O) groups excluding carboxylic acids is 1.